The maximum absolute atomic E-state index is 12.2. The summed E-state index contributed by atoms with van der Waals surface area (Å²) in [5.41, 5.74) is 1.16. The molecule has 1 aliphatic heterocycles. The molecule has 1 atom stereocenters. The van der Waals surface area contributed by atoms with Crippen molar-refractivity contribution in [2.75, 3.05) is 11.9 Å². The maximum Gasteiger partial charge on any atom is 0.410 e. The molecule has 0 fully saturated rings. The van der Waals surface area contributed by atoms with Crippen molar-refractivity contribution in [2.24, 2.45) is 7.05 Å². The van der Waals surface area contributed by atoms with Crippen molar-refractivity contribution in [2.45, 2.75) is 51.6 Å². The van der Waals surface area contributed by atoms with Crippen molar-refractivity contribution < 1.29 is 14.3 Å². The fourth-order valence-corrected chi connectivity index (χ4v) is 2.41. The quantitative estimate of drug-likeness (QED) is 0.836. The molecule has 2 rings (SSSR count). The minimum atomic E-state index is -0.647. The molecular formula is C15H23ClN4O3. The summed E-state index contributed by atoms with van der Waals surface area (Å²) in [4.78, 5) is 25.7. The minimum absolute atomic E-state index is 0.299. The summed E-state index contributed by atoms with van der Waals surface area (Å²) in [6.07, 6.45) is 0.254. The monoisotopic (exact) mass is 342 g/mol. The Labute approximate surface area is 140 Å². The van der Waals surface area contributed by atoms with E-state index in [1.165, 1.54) is 0 Å². The molecule has 0 spiro atoms. The SMILES string of the molecule is CC(Cl)C(=O)Nc1c2c(nn1C)CCN(C(=O)OC(C)(C)C)C2. The molecule has 2 amide bonds. The van der Waals surface area contributed by atoms with Gasteiger partial charge in [0, 0.05) is 25.6 Å². The number of alkyl halides is 1. The summed E-state index contributed by atoms with van der Waals surface area (Å²) in [7, 11) is 1.75. The van der Waals surface area contributed by atoms with Crippen molar-refractivity contribution in [1.29, 1.82) is 0 Å². The number of nitrogens with one attached hydrogen (secondary N) is 1. The Balaban J connectivity index is 2.19. The predicted octanol–water partition coefficient (Wildman–Crippen LogP) is 2.28. The fraction of sp³-hybridized carbons (Fsp3) is 0.667. The molecule has 0 aromatic carbocycles. The van der Waals surface area contributed by atoms with Crippen LogP contribution < -0.4 is 5.32 Å². The first-order chi connectivity index (χ1) is 10.6. The van der Waals surface area contributed by atoms with Crippen LogP contribution >= 0.6 is 11.6 Å². The molecule has 0 saturated heterocycles. The van der Waals surface area contributed by atoms with Gasteiger partial charge in [0.2, 0.25) is 5.91 Å². The molecule has 23 heavy (non-hydrogen) atoms. The van der Waals surface area contributed by atoms with Crippen LogP contribution in [-0.2, 0) is 29.5 Å². The van der Waals surface area contributed by atoms with E-state index < -0.39 is 11.0 Å². The molecular weight excluding hydrogens is 320 g/mol. The van der Waals surface area contributed by atoms with E-state index in [1.54, 1.807) is 23.6 Å². The number of fused-ring (bicyclic) bond motifs is 1. The zero-order valence-electron chi connectivity index (χ0n) is 14.1. The Morgan fingerprint density at radius 2 is 2.04 bits per heavy atom. The van der Waals surface area contributed by atoms with Gasteiger partial charge in [-0.2, -0.15) is 5.10 Å². The largest absolute Gasteiger partial charge is 0.444 e. The van der Waals surface area contributed by atoms with Crippen LogP contribution in [0.3, 0.4) is 0 Å². The fourth-order valence-electron chi connectivity index (χ4n) is 2.36. The van der Waals surface area contributed by atoms with Gasteiger partial charge in [0.05, 0.1) is 12.2 Å². The van der Waals surface area contributed by atoms with E-state index in [2.05, 4.69) is 10.4 Å². The highest BCUT2D eigenvalue weighted by Gasteiger charge is 2.30. The van der Waals surface area contributed by atoms with Gasteiger partial charge in [0.25, 0.3) is 0 Å². The third-order valence-electron chi connectivity index (χ3n) is 3.45. The third kappa shape index (κ3) is 4.16. The highest BCUT2D eigenvalue weighted by molar-refractivity contribution is 6.32. The highest BCUT2D eigenvalue weighted by atomic mass is 35.5. The van der Waals surface area contributed by atoms with Gasteiger partial charge in [-0.15, -0.1) is 11.6 Å². The van der Waals surface area contributed by atoms with Crippen LogP contribution in [0.4, 0.5) is 10.6 Å². The predicted molar refractivity (Wildman–Crippen MR) is 87.5 cm³/mol. The summed E-state index contributed by atoms with van der Waals surface area (Å²) in [5, 5.41) is 6.54. The molecule has 2 heterocycles. The summed E-state index contributed by atoms with van der Waals surface area (Å²) < 4.78 is 7.02. The number of hydrogen-bond acceptors (Lipinski definition) is 4. The number of amides is 2. The molecule has 1 aromatic heterocycles. The van der Waals surface area contributed by atoms with Gasteiger partial charge in [0.1, 0.15) is 16.8 Å². The molecule has 0 radical (unpaired) electrons. The van der Waals surface area contributed by atoms with E-state index in [1.807, 2.05) is 20.8 Å². The van der Waals surface area contributed by atoms with Crippen LogP contribution in [-0.4, -0.2) is 44.2 Å². The summed E-state index contributed by atoms with van der Waals surface area (Å²) in [6, 6.07) is 0. The zero-order valence-corrected chi connectivity index (χ0v) is 14.9. The lowest BCUT2D eigenvalue weighted by Crippen LogP contribution is -2.40. The molecule has 0 saturated carbocycles. The van der Waals surface area contributed by atoms with Gasteiger partial charge in [-0.1, -0.05) is 0 Å². The molecule has 1 N–H and O–H groups in total. The second kappa shape index (κ2) is 6.39. The van der Waals surface area contributed by atoms with Crippen molar-refractivity contribution >= 4 is 29.4 Å². The van der Waals surface area contributed by atoms with Crippen LogP contribution in [0.25, 0.3) is 0 Å². The van der Waals surface area contributed by atoms with Crippen LogP contribution in [0.1, 0.15) is 39.0 Å². The van der Waals surface area contributed by atoms with Crippen molar-refractivity contribution in [3.8, 4) is 0 Å². The second-order valence-electron chi connectivity index (χ2n) is 6.65. The molecule has 0 bridgehead atoms. The Kier molecular flexibility index (Phi) is 4.89. The van der Waals surface area contributed by atoms with E-state index in [4.69, 9.17) is 16.3 Å². The highest BCUT2D eigenvalue weighted by Crippen LogP contribution is 2.27. The van der Waals surface area contributed by atoms with Crippen molar-refractivity contribution in [3.63, 3.8) is 0 Å². The third-order valence-corrected chi connectivity index (χ3v) is 3.65. The average molecular weight is 343 g/mol. The number of halogens is 1. The van der Waals surface area contributed by atoms with Crippen molar-refractivity contribution in [3.05, 3.63) is 11.3 Å². The van der Waals surface area contributed by atoms with E-state index in [9.17, 15) is 9.59 Å². The van der Waals surface area contributed by atoms with Crippen LogP contribution in [0.5, 0.6) is 0 Å². The van der Waals surface area contributed by atoms with Gasteiger partial charge >= 0.3 is 6.09 Å². The Hall–Kier alpha value is -1.76. The van der Waals surface area contributed by atoms with Gasteiger partial charge < -0.3 is 15.0 Å². The summed E-state index contributed by atoms with van der Waals surface area (Å²) in [5.74, 6) is 0.276. The number of ether oxygens (including phenoxy) is 1. The Morgan fingerprint density at radius 3 is 2.61 bits per heavy atom. The zero-order chi connectivity index (χ0) is 17.4. The van der Waals surface area contributed by atoms with Gasteiger partial charge in [-0.25, -0.2) is 4.79 Å². The van der Waals surface area contributed by atoms with Crippen LogP contribution in [0, 0.1) is 0 Å². The number of carbonyl (C=O) groups is 2. The topological polar surface area (TPSA) is 76.5 Å². The molecule has 0 aliphatic carbocycles. The van der Waals surface area contributed by atoms with Crippen LogP contribution in [0.2, 0.25) is 0 Å². The van der Waals surface area contributed by atoms with Crippen molar-refractivity contribution in [1.82, 2.24) is 14.7 Å². The molecule has 1 aliphatic rings. The molecule has 8 heteroatoms. The lowest BCUT2D eigenvalue weighted by molar-refractivity contribution is -0.115. The number of rotatable bonds is 2. The Morgan fingerprint density at radius 1 is 1.39 bits per heavy atom. The normalized spacial score (nSPS) is 15.8. The summed E-state index contributed by atoms with van der Waals surface area (Å²) in [6.45, 7) is 7.99. The first-order valence-corrected chi connectivity index (χ1v) is 7.99. The maximum atomic E-state index is 12.2. The lowest BCUT2D eigenvalue weighted by atomic mass is 10.1. The number of aromatic nitrogens is 2. The molecule has 128 valence electrons. The number of carbonyl (C=O) groups excluding carboxylic acids is 2. The van der Waals surface area contributed by atoms with E-state index in [0.29, 0.717) is 25.3 Å². The molecule has 7 nitrogen and oxygen atoms in total. The lowest BCUT2D eigenvalue weighted by Gasteiger charge is -2.29. The smallest absolute Gasteiger partial charge is 0.410 e. The number of hydrogen-bond donors (Lipinski definition) is 1. The Bertz CT molecular complexity index is 619. The van der Waals surface area contributed by atoms with Gasteiger partial charge in [0.15, 0.2) is 0 Å². The van der Waals surface area contributed by atoms with Crippen LogP contribution in [0.15, 0.2) is 0 Å². The van der Waals surface area contributed by atoms with Gasteiger partial charge in [-0.05, 0) is 27.7 Å². The molecule has 1 unspecified atom stereocenters. The minimum Gasteiger partial charge on any atom is -0.444 e. The first kappa shape index (κ1) is 17.6. The molecule has 1 aromatic rings. The van der Waals surface area contributed by atoms with E-state index >= 15 is 0 Å². The second-order valence-corrected chi connectivity index (χ2v) is 7.31. The average Bonchev–Trinajstić information content (AvgIpc) is 2.72. The number of anilines is 1. The first-order valence-electron chi connectivity index (χ1n) is 7.56. The standard InChI is InChI=1S/C15H23ClN4O3/c1-9(16)13(21)17-12-10-8-20(14(22)23-15(2,3)4)7-6-11(10)18-19(12)5/h9H,6-8H2,1-5H3,(H,17,21). The van der Waals surface area contributed by atoms with Gasteiger partial charge in [-0.3, -0.25) is 9.48 Å². The van der Waals surface area contributed by atoms with E-state index in [0.717, 1.165) is 11.3 Å². The summed E-state index contributed by atoms with van der Waals surface area (Å²) >= 11 is 5.81. The number of aryl methyl sites for hydroxylation is 1. The van der Waals surface area contributed by atoms with E-state index in [-0.39, 0.29) is 12.0 Å². The number of nitrogens with zero attached hydrogens (tertiary/aromatic N) is 3.